The molecule has 1 aliphatic heterocycles. The standard InChI is InChI=1S/C11H12ClN/c12-9-3-1-2-8-7-4-5-13-10(6-7)11(8)9/h1-3,7,10,13H,4-6H2/t7-,10-/m1/s1. The summed E-state index contributed by atoms with van der Waals surface area (Å²) < 4.78 is 0. The van der Waals surface area contributed by atoms with E-state index >= 15 is 0 Å². The Morgan fingerprint density at radius 2 is 2.31 bits per heavy atom. The van der Waals surface area contributed by atoms with E-state index in [1.807, 2.05) is 6.07 Å². The van der Waals surface area contributed by atoms with Crippen LogP contribution in [0.4, 0.5) is 0 Å². The molecule has 2 bridgehead atoms. The van der Waals surface area contributed by atoms with Crippen LogP contribution in [0.15, 0.2) is 18.2 Å². The van der Waals surface area contributed by atoms with Crippen molar-refractivity contribution >= 4 is 11.6 Å². The van der Waals surface area contributed by atoms with Crippen LogP contribution >= 0.6 is 11.6 Å². The third kappa shape index (κ3) is 1.04. The lowest BCUT2D eigenvalue weighted by molar-refractivity contribution is 0.410. The Bertz CT molecular complexity index is 348. The van der Waals surface area contributed by atoms with Crippen molar-refractivity contribution in [3.63, 3.8) is 0 Å². The van der Waals surface area contributed by atoms with Gasteiger partial charge in [0.05, 0.1) is 0 Å². The van der Waals surface area contributed by atoms with Gasteiger partial charge in [-0.1, -0.05) is 23.7 Å². The predicted octanol–water partition coefficient (Wildman–Crippen LogP) is 2.86. The van der Waals surface area contributed by atoms with Crippen molar-refractivity contribution in [1.82, 2.24) is 5.32 Å². The largest absolute Gasteiger partial charge is 0.310 e. The lowest BCUT2D eigenvalue weighted by atomic mass is 9.97. The van der Waals surface area contributed by atoms with Crippen LogP contribution in [0.1, 0.15) is 35.9 Å². The third-order valence-electron chi connectivity index (χ3n) is 3.28. The van der Waals surface area contributed by atoms with Gasteiger partial charge < -0.3 is 5.32 Å². The van der Waals surface area contributed by atoms with Crippen LogP contribution in [0, 0.1) is 0 Å². The van der Waals surface area contributed by atoms with Crippen molar-refractivity contribution in [3.05, 3.63) is 34.3 Å². The van der Waals surface area contributed by atoms with E-state index < -0.39 is 0 Å². The molecule has 1 N–H and O–H groups in total. The van der Waals surface area contributed by atoms with Crippen LogP contribution in [0.2, 0.25) is 5.02 Å². The summed E-state index contributed by atoms with van der Waals surface area (Å²) in [6.07, 6.45) is 2.52. The number of benzene rings is 1. The number of nitrogens with one attached hydrogen (secondary N) is 1. The Morgan fingerprint density at radius 1 is 1.38 bits per heavy atom. The lowest BCUT2D eigenvalue weighted by Gasteiger charge is -2.20. The first kappa shape index (κ1) is 7.84. The molecule has 0 amide bonds. The number of rotatable bonds is 0. The summed E-state index contributed by atoms with van der Waals surface area (Å²) in [7, 11) is 0. The van der Waals surface area contributed by atoms with Crippen molar-refractivity contribution in [1.29, 1.82) is 0 Å². The second-order valence-corrected chi connectivity index (χ2v) is 4.38. The topological polar surface area (TPSA) is 12.0 Å². The van der Waals surface area contributed by atoms with E-state index in [9.17, 15) is 0 Å². The van der Waals surface area contributed by atoms with Gasteiger partial charge in [0.25, 0.3) is 0 Å². The predicted molar refractivity (Wildman–Crippen MR) is 54.2 cm³/mol. The molecule has 68 valence electrons. The molecule has 0 saturated carbocycles. The van der Waals surface area contributed by atoms with Crippen LogP contribution < -0.4 is 5.32 Å². The van der Waals surface area contributed by atoms with Crippen molar-refractivity contribution in [2.75, 3.05) is 6.54 Å². The number of hydrogen-bond donors (Lipinski definition) is 1. The summed E-state index contributed by atoms with van der Waals surface area (Å²) in [5, 5.41) is 4.47. The van der Waals surface area contributed by atoms with Gasteiger partial charge in [0.1, 0.15) is 0 Å². The minimum Gasteiger partial charge on any atom is -0.310 e. The van der Waals surface area contributed by atoms with Gasteiger partial charge in [-0.05, 0) is 42.5 Å². The second-order valence-electron chi connectivity index (χ2n) is 3.97. The zero-order valence-electron chi connectivity index (χ0n) is 7.39. The first-order valence-corrected chi connectivity index (χ1v) is 5.26. The second kappa shape index (κ2) is 2.73. The first-order valence-electron chi connectivity index (χ1n) is 4.88. The zero-order chi connectivity index (χ0) is 8.84. The maximum Gasteiger partial charge on any atom is 0.0456 e. The van der Waals surface area contributed by atoms with Crippen LogP contribution in [0.3, 0.4) is 0 Å². The molecule has 13 heavy (non-hydrogen) atoms. The maximum atomic E-state index is 6.20. The molecule has 0 aromatic heterocycles. The maximum absolute atomic E-state index is 6.20. The van der Waals surface area contributed by atoms with Gasteiger partial charge in [-0.25, -0.2) is 0 Å². The van der Waals surface area contributed by atoms with Crippen molar-refractivity contribution < 1.29 is 0 Å². The normalized spacial score (nSPS) is 30.2. The molecule has 1 aromatic rings. The molecule has 2 aliphatic rings. The fourth-order valence-electron chi connectivity index (χ4n) is 2.70. The van der Waals surface area contributed by atoms with Gasteiger partial charge in [0.15, 0.2) is 0 Å². The molecular formula is C11H12ClN. The van der Waals surface area contributed by atoms with Gasteiger partial charge in [-0.15, -0.1) is 0 Å². The van der Waals surface area contributed by atoms with Gasteiger partial charge in [0, 0.05) is 11.1 Å². The van der Waals surface area contributed by atoms with E-state index in [2.05, 4.69) is 17.4 Å². The highest BCUT2D eigenvalue weighted by molar-refractivity contribution is 6.31. The lowest BCUT2D eigenvalue weighted by Crippen LogP contribution is -2.25. The first-order chi connectivity index (χ1) is 6.36. The molecule has 1 aliphatic carbocycles. The molecule has 1 nitrogen and oxygen atoms in total. The average Bonchev–Trinajstić information content (AvgIpc) is 2.41. The van der Waals surface area contributed by atoms with E-state index in [1.54, 1.807) is 0 Å². The molecule has 1 fully saturated rings. The van der Waals surface area contributed by atoms with E-state index in [0.29, 0.717) is 6.04 Å². The van der Waals surface area contributed by atoms with Crippen molar-refractivity contribution in [2.45, 2.75) is 24.8 Å². The number of hydrogen-bond acceptors (Lipinski definition) is 1. The Hall–Kier alpha value is -0.530. The number of piperidine rings is 1. The number of fused-ring (bicyclic) bond motifs is 5. The summed E-state index contributed by atoms with van der Waals surface area (Å²) in [6, 6.07) is 6.84. The van der Waals surface area contributed by atoms with E-state index in [1.165, 1.54) is 24.0 Å². The molecule has 1 aromatic carbocycles. The Balaban J connectivity index is 2.20. The Kier molecular flexibility index (Phi) is 1.64. The quantitative estimate of drug-likeness (QED) is 0.668. The zero-order valence-corrected chi connectivity index (χ0v) is 8.14. The summed E-state index contributed by atoms with van der Waals surface area (Å²) in [4.78, 5) is 0. The molecule has 2 heteroatoms. The average molecular weight is 194 g/mol. The van der Waals surface area contributed by atoms with Crippen molar-refractivity contribution in [2.24, 2.45) is 0 Å². The van der Waals surface area contributed by atoms with Gasteiger partial charge in [-0.2, -0.15) is 0 Å². The van der Waals surface area contributed by atoms with E-state index in [-0.39, 0.29) is 0 Å². The van der Waals surface area contributed by atoms with Gasteiger partial charge in [0.2, 0.25) is 0 Å². The molecule has 0 unspecified atom stereocenters. The monoisotopic (exact) mass is 193 g/mol. The smallest absolute Gasteiger partial charge is 0.0456 e. The molecular weight excluding hydrogens is 182 g/mol. The molecule has 3 rings (SSSR count). The Labute approximate surface area is 83.1 Å². The highest BCUT2D eigenvalue weighted by Gasteiger charge is 2.34. The molecule has 1 saturated heterocycles. The molecule has 2 atom stereocenters. The molecule has 0 spiro atoms. The summed E-state index contributed by atoms with van der Waals surface area (Å²) in [6.45, 7) is 1.14. The third-order valence-corrected chi connectivity index (χ3v) is 3.61. The number of halogens is 1. The highest BCUT2D eigenvalue weighted by atomic mass is 35.5. The highest BCUT2D eigenvalue weighted by Crippen LogP contribution is 2.47. The summed E-state index contributed by atoms with van der Waals surface area (Å²) >= 11 is 6.20. The minimum atomic E-state index is 0.530. The van der Waals surface area contributed by atoms with E-state index in [0.717, 1.165) is 17.5 Å². The van der Waals surface area contributed by atoms with Crippen LogP contribution in [-0.4, -0.2) is 6.54 Å². The van der Waals surface area contributed by atoms with Gasteiger partial charge >= 0.3 is 0 Å². The molecule has 1 heterocycles. The van der Waals surface area contributed by atoms with Gasteiger partial charge in [-0.3, -0.25) is 0 Å². The summed E-state index contributed by atoms with van der Waals surface area (Å²) in [5.41, 5.74) is 2.86. The van der Waals surface area contributed by atoms with Crippen LogP contribution in [0.5, 0.6) is 0 Å². The fourth-order valence-corrected chi connectivity index (χ4v) is 3.01. The van der Waals surface area contributed by atoms with Crippen LogP contribution in [0.25, 0.3) is 0 Å². The van der Waals surface area contributed by atoms with Crippen LogP contribution in [-0.2, 0) is 0 Å². The fraction of sp³-hybridized carbons (Fsp3) is 0.455. The summed E-state index contributed by atoms with van der Waals surface area (Å²) in [5.74, 6) is 0.764. The molecule has 0 radical (unpaired) electrons. The SMILES string of the molecule is Clc1cccc2c1[C@H]1C[C@H]2CCN1. The Morgan fingerprint density at radius 3 is 3.23 bits per heavy atom. The minimum absolute atomic E-state index is 0.530. The van der Waals surface area contributed by atoms with Crippen molar-refractivity contribution in [3.8, 4) is 0 Å². The van der Waals surface area contributed by atoms with E-state index in [4.69, 9.17) is 11.6 Å².